The Labute approximate surface area is 316 Å². The predicted molar refractivity (Wildman–Crippen MR) is 228 cm³/mol. The van der Waals surface area contributed by atoms with E-state index >= 15 is 0 Å². The zero-order chi connectivity index (χ0) is 35.6. The summed E-state index contributed by atoms with van der Waals surface area (Å²) in [6.45, 7) is 0. The Morgan fingerprint density at radius 1 is 0.537 bits per heavy atom. The quantitative estimate of drug-likeness (QED) is 0.178. The Bertz CT molecular complexity index is 3100. The van der Waals surface area contributed by atoms with Crippen LogP contribution in [0.2, 0.25) is 0 Å². The fraction of sp³-hybridized carbons (Fsp3) is 0.0400. The van der Waals surface area contributed by atoms with Gasteiger partial charge >= 0.3 is 0 Å². The molecule has 1 unspecified atom stereocenters. The summed E-state index contributed by atoms with van der Waals surface area (Å²) in [5.41, 5.74) is 8.78. The molecule has 10 aromatic rings. The second-order valence-corrected chi connectivity index (χ2v) is 15.1. The van der Waals surface area contributed by atoms with Gasteiger partial charge in [-0.15, -0.1) is 11.3 Å². The second-order valence-electron chi connectivity index (χ2n) is 14.1. The van der Waals surface area contributed by atoms with Crippen LogP contribution in [0, 0.1) is 0 Å². The zero-order valence-electron chi connectivity index (χ0n) is 29.4. The molecule has 0 N–H and O–H groups in total. The van der Waals surface area contributed by atoms with E-state index < -0.39 is 0 Å². The first kappa shape index (κ1) is 31.0. The number of benzene rings is 7. The van der Waals surface area contributed by atoms with Crippen LogP contribution in [0.3, 0.4) is 0 Å². The number of hydrogen-bond acceptors (Lipinski definition) is 3. The van der Waals surface area contributed by atoms with E-state index in [1.54, 1.807) is 0 Å². The van der Waals surface area contributed by atoms with Crippen LogP contribution in [0.15, 0.2) is 170 Å². The van der Waals surface area contributed by atoms with Crippen LogP contribution in [0.4, 0.5) is 0 Å². The molecular weight excluding hydrogens is 675 g/mol. The fourth-order valence-electron chi connectivity index (χ4n) is 8.42. The third kappa shape index (κ3) is 4.95. The Kier molecular flexibility index (Phi) is 7.17. The predicted octanol–water partition coefficient (Wildman–Crippen LogP) is 11.7. The average molecular weight is 708 g/mol. The summed E-state index contributed by atoms with van der Waals surface area (Å²) in [6, 6.07) is 60.5. The number of nitrogens with zero attached hydrogens (tertiary/aromatic N) is 3. The van der Waals surface area contributed by atoms with Gasteiger partial charge in [0.2, 0.25) is 0 Å². The van der Waals surface area contributed by atoms with E-state index in [0.717, 1.165) is 40.3 Å². The highest BCUT2D eigenvalue weighted by molar-refractivity contribution is 7.26. The fourth-order valence-corrected chi connectivity index (χ4v) is 9.68. The number of hydrogen-bond donors (Lipinski definition) is 0. The molecule has 7 aromatic carbocycles. The average Bonchev–Trinajstić information content (AvgIpc) is 3.81. The summed E-state index contributed by atoms with van der Waals surface area (Å²) in [7, 11) is 0. The lowest BCUT2D eigenvalue weighted by atomic mass is 9.90. The lowest BCUT2D eigenvalue weighted by Gasteiger charge is -2.15. The van der Waals surface area contributed by atoms with E-state index in [-0.39, 0.29) is 5.92 Å². The highest BCUT2D eigenvalue weighted by Gasteiger charge is 2.23. The van der Waals surface area contributed by atoms with E-state index in [4.69, 9.17) is 9.97 Å². The Hall–Kier alpha value is -6.62. The van der Waals surface area contributed by atoms with Crippen LogP contribution in [0.5, 0.6) is 0 Å². The van der Waals surface area contributed by atoms with E-state index in [1.165, 1.54) is 63.7 Å². The molecular formula is C50H33N3S. The Morgan fingerprint density at radius 3 is 1.78 bits per heavy atom. The maximum absolute atomic E-state index is 5.08. The van der Waals surface area contributed by atoms with Gasteiger partial charge < -0.3 is 4.57 Å². The number of rotatable bonds is 5. The minimum atomic E-state index is 0.231. The van der Waals surface area contributed by atoms with E-state index in [2.05, 4.69) is 174 Å². The number of fused-ring (bicyclic) bond motifs is 10. The molecule has 0 bridgehead atoms. The SMILES string of the molecule is C1=c2c(n(-c3ccccc3)c3c4sc5ccccc5c4c4ccccc4c23)=CCC1c1ccc(-c2nc(-c3ccccc3)cc(-c3ccccc3)n2)cc1. The monoisotopic (exact) mass is 707 g/mol. The molecule has 3 heterocycles. The first-order valence-corrected chi connectivity index (χ1v) is 19.3. The molecule has 0 saturated carbocycles. The number of aromatic nitrogens is 3. The molecule has 0 amide bonds. The molecule has 11 rings (SSSR count). The van der Waals surface area contributed by atoms with Crippen LogP contribution in [-0.2, 0) is 0 Å². The van der Waals surface area contributed by atoms with E-state index in [9.17, 15) is 0 Å². The summed E-state index contributed by atoms with van der Waals surface area (Å²) < 4.78 is 5.19. The van der Waals surface area contributed by atoms with E-state index in [1.807, 2.05) is 23.5 Å². The van der Waals surface area contributed by atoms with Crippen molar-refractivity contribution in [1.29, 1.82) is 0 Å². The lowest BCUT2D eigenvalue weighted by molar-refractivity contribution is 0.907. The first-order chi connectivity index (χ1) is 26.8. The molecule has 0 saturated heterocycles. The van der Waals surface area contributed by atoms with Crippen molar-refractivity contribution in [2.45, 2.75) is 12.3 Å². The maximum Gasteiger partial charge on any atom is 0.160 e. The third-order valence-corrected chi connectivity index (χ3v) is 12.1. The largest absolute Gasteiger partial charge is 0.308 e. The normalized spacial score (nSPS) is 14.0. The van der Waals surface area contributed by atoms with Crippen molar-refractivity contribution in [1.82, 2.24) is 14.5 Å². The second kappa shape index (κ2) is 12.5. The van der Waals surface area contributed by atoms with Gasteiger partial charge in [0.15, 0.2) is 5.82 Å². The molecule has 1 aliphatic rings. The topological polar surface area (TPSA) is 30.7 Å². The first-order valence-electron chi connectivity index (χ1n) is 18.5. The van der Waals surface area contributed by atoms with Crippen LogP contribution in [0.1, 0.15) is 17.9 Å². The minimum Gasteiger partial charge on any atom is -0.308 e. The summed E-state index contributed by atoms with van der Waals surface area (Å²) in [6.07, 6.45) is 5.91. The molecule has 4 heteroatoms. The van der Waals surface area contributed by atoms with Crippen LogP contribution < -0.4 is 10.6 Å². The molecule has 0 fully saturated rings. The Morgan fingerprint density at radius 2 is 1.11 bits per heavy atom. The summed E-state index contributed by atoms with van der Waals surface area (Å²) in [4.78, 5) is 10.2. The van der Waals surface area contributed by atoms with Gasteiger partial charge in [-0.25, -0.2) is 9.97 Å². The van der Waals surface area contributed by atoms with Gasteiger partial charge in [-0.3, -0.25) is 0 Å². The van der Waals surface area contributed by atoms with Crippen molar-refractivity contribution in [2.75, 3.05) is 0 Å². The molecule has 1 aliphatic carbocycles. The zero-order valence-corrected chi connectivity index (χ0v) is 30.2. The van der Waals surface area contributed by atoms with Crippen LogP contribution in [0.25, 0.3) is 93.6 Å². The highest BCUT2D eigenvalue weighted by atomic mass is 32.1. The molecule has 0 spiro atoms. The molecule has 54 heavy (non-hydrogen) atoms. The van der Waals surface area contributed by atoms with Crippen LogP contribution in [-0.4, -0.2) is 14.5 Å². The smallest absolute Gasteiger partial charge is 0.160 e. The lowest BCUT2D eigenvalue weighted by Crippen LogP contribution is -2.31. The Balaban J connectivity index is 1.09. The molecule has 3 aromatic heterocycles. The van der Waals surface area contributed by atoms with Crippen molar-refractivity contribution in [3.8, 4) is 39.6 Å². The van der Waals surface area contributed by atoms with E-state index in [0.29, 0.717) is 0 Å². The summed E-state index contributed by atoms with van der Waals surface area (Å²) in [5, 5.41) is 9.23. The van der Waals surface area contributed by atoms with Gasteiger partial charge in [-0.1, -0.05) is 158 Å². The molecule has 254 valence electrons. The van der Waals surface area contributed by atoms with Gasteiger partial charge in [0.05, 0.1) is 21.6 Å². The van der Waals surface area contributed by atoms with Gasteiger partial charge in [-0.05, 0) is 47.0 Å². The maximum atomic E-state index is 5.08. The van der Waals surface area contributed by atoms with Crippen molar-refractivity contribution in [3.05, 3.63) is 186 Å². The van der Waals surface area contributed by atoms with Crippen LogP contribution >= 0.6 is 11.3 Å². The summed E-state index contributed by atoms with van der Waals surface area (Å²) >= 11 is 1.91. The van der Waals surface area contributed by atoms with Gasteiger partial charge in [0.25, 0.3) is 0 Å². The van der Waals surface area contributed by atoms with Crippen molar-refractivity contribution in [3.63, 3.8) is 0 Å². The number of para-hydroxylation sites is 1. The third-order valence-electron chi connectivity index (χ3n) is 10.9. The number of thiophene rings is 1. The van der Waals surface area contributed by atoms with Gasteiger partial charge in [0, 0.05) is 59.7 Å². The van der Waals surface area contributed by atoms with Crippen molar-refractivity contribution < 1.29 is 0 Å². The highest BCUT2D eigenvalue weighted by Crippen LogP contribution is 2.44. The molecule has 0 aliphatic heterocycles. The van der Waals surface area contributed by atoms with Gasteiger partial charge in [0.1, 0.15) is 0 Å². The molecule has 3 nitrogen and oxygen atoms in total. The molecule has 0 radical (unpaired) electrons. The van der Waals surface area contributed by atoms with Crippen molar-refractivity contribution >= 4 is 65.3 Å². The summed E-state index contributed by atoms with van der Waals surface area (Å²) in [5.74, 6) is 0.961. The van der Waals surface area contributed by atoms with Crippen molar-refractivity contribution in [2.24, 2.45) is 0 Å². The van der Waals surface area contributed by atoms with Gasteiger partial charge in [-0.2, -0.15) is 0 Å². The molecule has 1 atom stereocenters. The minimum absolute atomic E-state index is 0.231. The standard InChI is InChI=1S/C50H33N3S/c1-4-14-33(15-5-1)42-31-43(34-16-6-2-7-17-34)52-50(51-42)35-26-24-32(25-27-35)36-28-29-44-41(30-36)46-38-20-10-11-21-39(38)47-40-22-12-13-23-45(40)54-49(47)48(46)53(44)37-18-8-3-9-19-37/h1-27,29-31,36H,28H2.